The van der Waals surface area contributed by atoms with Gasteiger partial charge >= 0.3 is 6.03 Å². The largest absolute Gasteiger partial charge is 0.482 e. The highest BCUT2D eigenvalue weighted by atomic mass is 35.5. The Morgan fingerprint density at radius 1 is 1.40 bits per heavy atom. The number of nitrogens with two attached hydrogens (primary N) is 1. The van der Waals surface area contributed by atoms with Crippen LogP contribution in [0.5, 0.6) is 5.75 Å². The van der Waals surface area contributed by atoms with Crippen LogP contribution in [-0.4, -0.2) is 36.0 Å². The van der Waals surface area contributed by atoms with E-state index >= 15 is 0 Å². The highest BCUT2D eigenvalue weighted by Gasteiger charge is 2.16. The Morgan fingerprint density at radius 3 is 2.70 bits per heavy atom. The van der Waals surface area contributed by atoms with Gasteiger partial charge in [-0.2, -0.15) is 5.01 Å². The van der Waals surface area contributed by atoms with Crippen LogP contribution in [0.3, 0.4) is 0 Å². The van der Waals surface area contributed by atoms with Gasteiger partial charge in [0.2, 0.25) is 0 Å². The quantitative estimate of drug-likeness (QED) is 0.353. The fourth-order valence-electron chi connectivity index (χ4n) is 1.23. The van der Waals surface area contributed by atoms with Crippen molar-refractivity contribution >= 4 is 29.2 Å². The van der Waals surface area contributed by atoms with Crippen molar-refractivity contribution in [1.82, 2.24) is 10.3 Å². The number of rotatable bonds is 6. The molecular formula is C11H13ClN4O4. The number of imide groups is 1. The monoisotopic (exact) mass is 300 g/mol. The molecule has 0 atom stereocenters. The molecule has 0 aliphatic carbocycles. The molecule has 3 amide bonds. The van der Waals surface area contributed by atoms with Crippen molar-refractivity contribution < 1.29 is 14.3 Å². The summed E-state index contributed by atoms with van der Waals surface area (Å²) < 4.78 is 5.13. The first-order valence-electron chi connectivity index (χ1n) is 5.56. The number of alkyl halides is 1. The van der Waals surface area contributed by atoms with Gasteiger partial charge in [0.15, 0.2) is 6.61 Å². The van der Waals surface area contributed by atoms with E-state index in [1.807, 2.05) is 5.32 Å². The highest BCUT2D eigenvalue weighted by Crippen LogP contribution is 2.19. The summed E-state index contributed by atoms with van der Waals surface area (Å²) in [6.45, 7) is -0.524. The number of carbonyl (C=O) groups excluding carboxylic acids is 2. The minimum absolute atomic E-state index is 0.0183. The van der Waals surface area contributed by atoms with E-state index in [4.69, 9.17) is 22.1 Å². The molecule has 0 aliphatic heterocycles. The Hall–Kier alpha value is -2.35. The molecule has 108 valence electrons. The lowest BCUT2D eigenvalue weighted by molar-refractivity contribution is -0.122. The fraction of sp³-hybridized carbons (Fsp3) is 0.273. The number of nitrogens with one attached hydrogen (secondary N) is 1. The smallest absolute Gasteiger partial charge is 0.347 e. The van der Waals surface area contributed by atoms with Gasteiger partial charge in [-0.1, -0.05) is 12.1 Å². The predicted molar refractivity (Wildman–Crippen MR) is 73.1 cm³/mol. The number of para-hydroxylation sites is 2. The Kier molecular flexibility index (Phi) is 6.24. The van der Waals surface area contributed by atoms with E-state index in [-0.39, 0.29) is 12.4 Å². The number of hydrogen-bond acceptors (Lipinski definition) is 6. The van der Waals surface area contributed by atoms with Crippen molar-refractivity contribution in [3.63, 3.8) is 0 Å². The second kappa shape index (κ2) is 7.95. The number of amides is 3. The van der Waals surface area contributed by atoms with Crippen LogP contribution in [0.2, 0.25) is 0 Å². The number of ether oxygens (including phenoxy) is 1. The summed E-state index contributed by atoms with van der Waals surface area (Å²) >= 11 is 5.37. The SMILES string of the molecule is Nc1ccccc1OCC(=O)NC(=O)N(CCCl)N=O. The van der Waals surface area contributed by atoms with Crippen LogP contribution in [0.1, 0.15) is 0 Å². The maximum atomic E-state index is 11.5. The van der Waals surface area contributed by atoms with E-state index in [2.05, 4.69) is 5.29 Å². The molecule has 0 bridgehead atoms. The molecule has 8 nitrogen and oxygen atoms in total. The molecule has 20 heavy (non-hydrogen) atoms. The maximum absolute atomic E-state index is 11.5. The molecule has 1 aromatic rings. The topological polar surface area (TPSA) is 114 Å². The van der Waals surface area contributed by atoms with Crippen LogP contribution >= 0.6 is 11.6 Å². The zero-order chi connectivity index (χ0) is 15.0. The van der Waals surface area contributed by atoms with E-state index in [0.29, 0.717) is 16.4 Å². The number of carbonyl (C=O) groups is 2. The lowest BCUT2D eigenvalue weighted by atomic mass is 10.3. The number of nitrogens with zero attached hydrogens (tertiary/aromatic N) is 2. The molecule has 0 saturated heterocycles. The molecular weight excluding hydrogens is 288 g/mol. The minimum Gasteiger partial charge on any atom is -0.482 e. The Labute approximate surface area is 119 Å². The number of anilines is 1. The van der Waals surface area contributed by atoms with Crippen molar-refractivity contribution in [1.29, 1.82) is 0 Å². The molecule has 1 aromatic carbocycles. The average molecular weight is 301 g/mol. The highest BCUT2D eigenvalue weighted by molar-refractivity contribution is 6.18. The van der Waals surface area contributed by atoms with Gasteiger partial charge in [0.05, 0.1) is 17.5 Å². The number of hydrogen-bond donors (Lipinski definition) is 2. The third-order valence-corrected chi connectivity index (χ3v) is 2.32. The predicted octanol–water partition coefficient (Wildman–Crippen LogP) is 1.11. The fourth-order valence-corrected chi connectivity index (χ4v) is 1.39. The molecule has 0 spiro atoms. The second-order valence-corrected chi connectivity index (χ2v) is 3.95. The first-order chi connectivity index (χ1) is 9.58. The Balaban J connectivity index is 2.46. The van der Waals surface area contributed by atoms with E-state index in [1.54, 1.807) is 24.3 Å². The van der Waals surface area contributed by atoms with Gasteiger partial charge in [-0.05, 0) is 12.1 Å². The number of nitroso groups, excluding NO2 is 1. The van der Waals surface area contributed by atoms with Gasteiger partial charge in [-0.3, -0.25) is 10.1 Å². The van der Waals surface area contributed by atoms with E-state index in [1.165, 1.54) is 0 Å². The first kappa shape index (κ1) is 15.7. The van der Waals surface area contributed by atoms with Crippen molar-refractivity contribution in [2.24, 2.45) is 5.29 Å². The molecule has 0 heterocycles. The van der Waals surface area contributed by atoms with Gasteiger partial charge in [0.25, 0.3) is 5.91 Å². The normalized spacial score (nSPS) is 9.65. The first-order valence-corrected chi connectivity index (χ1v) is 6.09. The molecule has 1 rings (SSSR count). The summed E-state index contributed by atoms with van der Waals surface area (Å²) in [4.78, 5) is 33.2. The third-order valence-electron chi connectivity index (χ3n) is 2.15. The van der Waals surface area contributed by atoms with E-state index < -0.39 is 18.5 Å². The van der Waals surface area contributed by atoms with Crippen molar-refractivity contribution in [2.45, 2.75) is 0 Å². The molecule has 0 aromatic heterocycles. The molecule has 0 unspecified atom stereocenters. The summed E-state index contributed by atoms with van der Waals surface area (Å²) in [6.07, 6.45) is 0. The lowest BCUT2D eigenvalue weighted by Crippen LogP contribution is -2.42. The summed E-state index contributed by atoms with van der Waals surface area (Å²) in [5.41, 5.74) is 5.98. The standard InChI is InChI=1S/C11H13ClN4O4/c12-5-6-16(15-19)11(18)14-10(17)7-20-9-4-2-1-3-8(9)13/h1-4H,5-7,13H2,(H,14,17,18). The zero-order valence-corrected chi connectivity index (χ0v) is 11.2. The van der Waals surface area contributed by atoms with Crippen molar-refractivity contribution in [3.05, 3.63) is 29.2 Å². The number of benzene rings is 1. The molecule has 0 saturated carbocycles. The number of halogens is 1. The third kappa shape index (κ3) is 4.73. The van der Waals surface area contributed by atoms with Crippen LogP contribution in [-0.2, 0) is 4.79 Å². The van der Waals surface area contributed by atoms with Crippen LogP contribution in [0.4, 0.5) is 10.5 Å². The van der Waals surface area contributed by atoms with Crippen molar-refractivity contribution in [3.8, 4) is 5.75 Å². The maximum Gasteiger partial charge on any atom is 0.347 e. The summed E-state index contributed by atoms with van der Waals surface area (Å²) in [5, 5.41) is 4.87. The van der Waals surface area contributed by atoms with Crippen LogP contribution in [0.15, 0.2) is 29.6 Å². The lowest BCUT2D eigenvalue weighted by Gasteiger charge is -2.12. The molecule has 0 radical (unpaired) electrons. The minimum atomic E-state index is -0.963. The summed E-state index contributed by atoms with van der Waals surface area (Å²) in [6, 6.07) is 5.63. The van der Waals surface area contributed by atoms with Gasteiger partial charge in [-0.25, -0.2) is 4.79 Å². The summed E-state index contributed by atoms with van der Waals surface area (Å²) in [5.74, 6) is -0.396. The molecule has 9 heteroatoms. The van der Waals surface area contributed by atoms with Crippen molar-refractivity contribution in [2.75, 3.05) is 24.8 Å². The van der Waals surface area contributed by atoms with E-state index in [0.717, 1.165) is 0 Å². The Bertz CT molecular complexity index is 497. The molecule has 0 aliphatic rings. The average Bonchev–Trinajstić information content (AvgIpc) is 2.43. The van der Waals surface area contributed by atoms with Crippen LogP contribution in [0.25, 0.3) is 0 Å². The van der Waals surface area contributed by atoms with Gasteiger partial charge < -0.3 is 10.5 Å². The second-order valence-electron chi connectivity index (χ2n) is 3.57. The number of urea groups is 1. The molecule has 0 fully saturated rings. The summed E-state index contributed by atoms with van der Waals surface area (Å²) in [7, 11) is 0. The zero-order valence-electron chi connectivity index (χ0n) is 10.4. The van der Waals surface area contributed by atoms with Crippen LogP contribution in [0, 0.1) is 4.91 Å². The van der Waals surface area contributed by atoms with Gasteiger partial charge in [-0.15, -0.1) is 16.5 Å². The molecule has 3 N–H and O–H groups in total. The van der Waals surface area contributed by atoms with Gasteiger partial charge in [0.1, 0.15) is 5.75 Å². The van der Waals surface area contributed by atoms with E-state index in [9.17, 15) is 14.5 Å². The van der Waals surface area contributed by atoms with Gasteiger partial charge in [0, 0.05) is 5.88 Å². The van der Waals surface area contributed by atoms with Crippen LogP contribution < -0.4 is 15.8 Å². The Morgan fingerprint density at radius 2 is 2.10 bits per heavy atom. The number of nitrogen functional groups attached to an aromatic ring is 1.